The molecule has 0 heterocycles. The van der Waals surface area contributed by atoms with Crippen LogP contribution < -0.4 is 20.7 Å². The van der Waals surface area contributed by atoms with Gasteiger partial charge in [0.05, 0.1) is 29.2 Å². The second kappa shape index (κ2) is 12.3. The fourth-order valence-electron chi connectivity index (χ4n) is 4.29. The number of amides is 3. The van der Waals surface area contributed by atoms with Gasteiger partial charge in [-0.05, 0) is 61.6 Å². The fourth-order valence-corrected chi connectivity index (χ4v) is 4.50. The molecule has 0 bridgehead atoms. The Morgan fingerprint density at radius 3 is 2.21 bits per heavy atom. The number of anilines is 1. The number of hydrogen-bond acceptors (Lipinski definition) is 4. The number of hydrogen-bond donors (Lipinski definition) is 3. The van der Waals surface area contributed by atoms with E-state index >= 15 is 0 Å². The number of benzene rings is 2. The van der Waals surface area contributed by atoms with E-state index in [1.54, 1.807) is 45.0 Å². The quantitative estimate of drug-likeness (QED) is 0.376. The molecule has 0 saturated heterocycles. The summed E-state index contributed by atoms with van der Waals surface area (Å²) >= 11 is 6.27. The first-order valence-electron chi connectivity index (χ1n) is 12.6. The van der Waals surface area contributed by atoms with Gasteiger partial charge in [0.2, 0.25) is 5.91 Å². The van der Waals surface area contributed by atoms with Crippen LogP contribution in [0.25, 0.3) is 0 Å². The smallest absolute Gasteiger partial charge is 0.391 e. The van der Waals surface area contributed by atoms with Gasteiger partial charge in [-0.15, -0.1) is 0 Å². The van der Waals surface area contributed by atoms with Gasteiger partial charge in [-0.25, -0.2) is 0 Å². The average molecular weight is 568 g/mol. The molecule has 0 aliphatic heterocycles. The Balaban J connectivity index is 1.70. The first-order chi connectivity index (χ1) is 18.2. The van der Waals surface area contributed by atoms with Crippen LogP contribution in [0.15, 0.2) is 36.4 Å². The van der Waals surface area contributed by atoms with Crippen molar-refractivity contribution in [2.75, 3.05) is 12.4 Å². The van der Waals surface area contributed by atoms with E-state index in [9.17, 15) is 27.6 Å². The minimum atomic E-state index is -4.23. The number of ether oxygens (including phenoxy) is 1. The molecule has 0 radical (unpaired) electrons. The zero-order chi connectivity index (χ0) is 29.0. The highest BCUT2D eigenvalue weighted by Gasteiger charge is 2.41. The molecular weight excluding hydrogens is 535 g/mol. The minimum Gasteiger partial charge on any atom is -0.496 e. The molecule has 1 aliphatic carbocycles. The van der Waals surface area contributed by atoms with Crippen molar-refractivity contribution in [2.45, 2.75) is 65.2 Å². The van der Waals surface area contributed by atoms with Crippen molar-refractivity contribution in [2.24, 2.45) is 11.3 Å². The maximum atomic E-state index is 13.0. The molecule has 1 saturated carbocycles. The number of methoxy groups -OCH3 is 1. The van der Waals surface area contributed by atoms with Gasteiger partial charge < -0.3 is 20.7 Å². The Morgan fingerprint density at radius 1 is 0.949 bits per heavy atom. The maximum Gasteiger partial charge on any atom is 0.391 e. The topological polar surface area (TPSA) is 96.5 Å². The third kappa shape index (κ3) is 8.11. The zero-order valence-corrected chi connectivity index (χ0v) is 23.1. The SMILES string of the molecule is COc1ccc(NC(=O)c2cc(CNC(=O)C(C)(C)C)ccc2Cl)cc1C(=O)NC1CCC(C(F)(F)F)CC1. The summed E-state index contributed by atoms with van der Waals surface area (Å²) in [6.45, 7) is 5.60. The summed E-state index contributed by atoms with van der Waals surface area (Å²) in [6, 6.07) is 8.98. The molecule has 0 unspecified atom stereocenters. The summed E-state index contributed by atoms with van der Waals surface area (Å²) in [5, 5.41) is 8.54. The second-order valence-electron chi connectivity index (χ2n) is 10.7. The Bertz CT molecular complexity index is 1220. The van der Waals surface area contributed by atoms with Crippen molar-refractivity contribution >= 4 is 35.0 Å². The minimum absolute atomic E-state index is 0.0403. The molecule has 1 fully saturated rings. The Kier molecular flexibility index (Phi) is 9.53. The molecular formula is C28H33ClF3N3O4. The standard InChI is InChI=1S/C28H33ClF3N3O4/c1-27(2,3)26(38)33-15-16-5-11-22(29)20(13-16)24(36)35-19-10-12-23(39-4)21(14-19)25(37)34-18-8-6-17(7-9-18)28(30,31)32/h5,10-14,17-18H,6-9,15H2,1-4H3,(H,33,38)(H,34,37)(H,35,36). The molecule has 2 aromatic carbocycles. The number of halogens is 4. The highest BCUT2D eigenvalue weighted by atomic mass is 35.5. The van der Waals surface area contributed by atoms with Crippen LogP contribution in [0.4, 0.5) is 18.9 Å². The van der Waals surface area contributed by atoms with Gasteiger partial charge in [0.1, 0.15) is 5.75 Å². The molecule has 11 heteroatoms. The van der Waals surface area contributed by atoms with Crippen molar-refractivity contribution in [3.63, 3.8) is 0 Å². The average Bonchev–Trinajstić information content (AvgIpc) is 2.87. The van der Waals surface area contributed by atoms with Crippen LogP contribution in [0.2, 0.25) is 5.02 Å². The summed E-state index contributed by atoms with van der Waals surface area (Å²) in [7, 11) is 1.39. The summed E-state index contributed by atoms with van der Waals surface area (Å²) < 4.78 is 44.2. The summed E-state index contributed by atoms with van der Waals surface area (Å²) in [5.74, 6) is -2.26. The van der Waals surface area contributed by atoms with Gasteiger partial charge in [-0.2, -0.15) is 13.2 Å². The molecule has 2 aromatic rings. The summed E-state index contributed by atoms with van der Waals surface area (Å²) in [4.78, 5) is 38.2. The van der Waals surface area contributed by atoms with Gasteiger partial charge in [0.15, 0.2) is 0 Å². The van der Waals surface area contributed by atoms with Crippen LogP contribution >= 0.6 is 11.6 Å². The van der Waals surface area contributed by atoms with E-state index in [-0.39, 0.29) is 66.1 Å². The monoisotopic (exact) mass is 567 g/mol. The van der Waals surface area contributed by atoms with Gasteiger partial charge in [0, 0.05) is 23.7 Å². The number of nitrogens with one attached hydrogen (secondary N) is 3. The predicted molar refractivity (Wildman–Crippen MR) is 143 cm³/mol. The van der Waals surface area contributed by atoms with Crippen LogP contribution in [-0.4, -0.2) is 37.0 Å². The molecule has 3 rings (SSSR count). The Hall–Kier alpha value is -3.27. The van der Waals surface area contributed by atoms with E-state index in [1.807, 2.05) is 0 Å². The summed E-state index contributed by atoms with van der Waals surface area (Å²) in [5.41, 5.74) is 0.736. The first kappa shape index (κ1) is 30.3. The zero-order valence-electron chi connectivity index (χ0n) is 22.3. The van der Waals surface area contributed by atoms with E-state index in [4.69, 9.17) is 16.3 Å². The molecule has 1 aliphatic rings. The number of carbonyl (C=O) groups excluding carboxylic acids is 3. The lowest BCUT2D eigenvalue weighted by molar-refractivity contribution is -0.182. The number of alkyl halides is 3. The Morgan fingerprint density at radius 2 is 1.62 bits per heavy atom. The molecule has 212 valence electrons. The van der Waals surface area contributed by atoms with E-state index < -0.39 is 29.3 Å². The van der Waals surface area contributed by atoms with E-state index in [0.29, 0.717) is 11.3 Å². The van der Waals surface area contributed by atoms with E-state index in [2.05, 4.69) is 16.0 Å². The van der Waals surface area contributed by atoms with Gasteiger partial charge >= 0.3 is 6.18 Å². The van der Waals surface area contributed by atoms with Crippen LogP contribution in [0, 0.1) is 11.3 Å². The van der Waals surface area contributed by atoms with Crippen LogP contribution in [-0.2, 0) is 11.3 Å². The molecule has 0 spiro atoms. The normalized spacial score (nSPS) is 17.7. The largest absolute Gasteiger partial charge is 0.496 e. The van der Waals surface area contributed by atoms with Crippen molar-refractivity contribution in [1.29, 1.82) is 0 Å². The first-order valence-corrected chi connectivity index (χ1v) is 13.0. The molecule has 3 N–H and O–H groups in total. The Labute approximate surface area is 230 Å². The lowest BCUT2D eigenvalue weighted by Gasteiger charge is -2.30. The lowest BCUT2D eigenvalue weighted by Crippen LogP contribution is -2.40. The van der Waals surface area contributed by atoms with Gasteiger partial charge in [-0.3, -0.25) is 14.4 Å². The van der Waals surface area contributed by atoms with Crippen molar-refractivity contribution in [1.82, 2.24) is 10.6 Å². The van der Waals surface area contributed by atoms with Crippen LogP contribution in [0.1, 0.15) is 72.7 Å². The van der Waals surface area contributed by atoms with Crippen molar-refractivity contribution < 1.29 is 32.3 Å². The molecule has 39 heavy (non-hydrogen) atoms. The lowest BCUT2D eigenvalue weighted by atomic mass is 9.85. The van der Waals surface area contributed by atoms with E-state index in [0.717, 1.165) is 0 Å². The summed E-state index contributed by atoms with van der Waals surface area (Å²) in [6.07, 6.45) is -3.87. The van der Waals surface area contributed by atoms with Crippen LogP contribution in [0.3, 0.4) is 0 Å². The van der Waals surface area contributed by atoms with Crippen molar-refractivity contribution in [3.8, 4) is 5.75 Å². The molecule has 0 atom stereocenters. The highest BCUT2D eigenvalue weighted by molar-refractivity contribution is 6.34. The van der Waals surface area contributed by atoms with Crippen LogP contribution in [0.5, 0.6) is 5.75 Å². The third-order valence-corrected chi connectivity index (χ3v) is 6.97. The van der Waals surface area contributed by atoms with E-state index in [1.165, 1.54) is 19.2 Å². The second-order valence-corrected chi connectivity index (χ2v) is 11.1. The highest BCUT2D eigenvalue weighted by Crippen LogP contribution is 2.37. The number of rotatable bonds is 7. The predicted octanol–water partition coefficient (Wildman–Crippen LogP) is 6.11. The van der Waals surface area contributed by atoms with Gasteiger partial charge in [-0.1, -0.05) is 38.4 Å². The molecule has 0 aromatic heterocycles. The number of carbonyl (C=O) groups is 3. The molecule has 3 amide bonds. The fraction of sp³-hybridized carbons (Fsp3) is 0.464. The van der Waals surface area contributed by atoms with Gasteiger partial charge in [0.25, 0.3) is 11.8 Å². The third-order valence-electron chi connectivity index (χ3n) is 6.64. The molecule has 7 nitrogen and oxygen atoms in total. The van der Waals surface area contributed by atoms with Crippen molar-refractivity contribution in [3.05, 3.63) is 58.1 Å². The maximum absolute atomic E-state index is 13.0.